The Morgan fingerprint density at radius 2 is 1.96 bits per heavy atom. The van der Waals surface area contributed by atoms with Gasteiger partial charge in [0.1, 0.15) is 11.4 Å². The van der Waals surface area contributed by atoms with Crippen molar-refractivity contribution < 1.29 is 14.3 Å². The minimum absolute atomic E-state index is 0.00266. The number of benzene rings is 1. The van der Waals surface area contributed by atoms with E-state index in [1.54, 1.807) is 0 Å². The van der Waals surface area contributed by atoms with Crippen LogP contribution in [-0.2, 0) is 9.53 Å². The summed E-state index contributed by atoms with van der Waals surface area (Å²) in [6.07, 6.45) is 10.3. The standard InChI is InChI=1S/C21H24O3/c1-21(10-3-2-4-11-21)24-20(23)16-7-5-6-14(12-16)18-13-15-8-9-17(18)19(15)22/h5-9,12,15,17-18H,2-4,10-11,13H2,1H3. The van der Waals surface area contributed by atoms with E-state index in [0.29, 0.717) is 11.3 Å². The summed E-state index contributed by atoms with van der Waals surface area (Å²) in [5.74, 6) is 0.397. The van der Waals surface area contributed by atoms with Gasteiger partial charge in [-0.15, -0.1) is 0 Å². The van der Waals surface area contributed by atoms with Crippen LogP contribution in [0.5, 0.6) is 0 Å². The maximum atomic E-state index is 12.6. The van der Waals surface area contributed by atoms with Crippen LogP contribution in [0.3, 0.4) is 0 Å². The Labute approximate surface area is 143 Å². The molecule has 0 N–H and O–H groups in total. The number of esters is 1. The molecule has 2 bridgehead atoms. The minimum atomic E-state index is -0.323. The summed E-state index contributed by atoms with van der Waals surface area (Å²) >= 11 is 0. The third kappa shape index (κ3) is 2.70. The molecule has 3 unspecified atom stereocenters. The van der Waals surface area contributed by atoms with Gasteiger partial charge in [-0.05, 0) is 62.6 Å². The molecule has 4 rings (SSSR count). The summed E-state index contributed by atoms with van der Waals surface area (Å²) in [5, 5.41) is 0. The van der Waals surface area contributed by atoms with Crippen LogP contribution in [0.2, 0.25) is 0 Å². The zero-order chi connectivity index (χ0) is 16.7. The molecule has 0 amide bonds. The van der Waals surface area contributed by atoms with E-state index in [-0.39, 0.29) is 29.3 Å². The van der Waals surface area contributed by atoms with Gasteiger partial charge < -0.3 is 4.74 Å². The van der Waals surface area contributed by atoms with Crippen LogP contribution in [0.1, 0.15) is 67.3 Å². The van der Waals surface area contributed by atoms with E-state index in [0.717, 1.165) is 37.7 Å². The van der Waals surface area contributed by atoms with E-state index in [4.69, 9.17) is 4.74 Å². The molecule has 2 fully saturated rings. The van der Waals surface area contributed by atoms with Crippen molar-refractivity contribution in [3.8, 4) is 0 Å². The molecule has 0 spiro atoms. The second kappa shape index (κ2) is 5.87. The average Bonchev–Trinajstić information content (AvgIpc) is 3.10. The quantitative estimate of drug-likeness (QED) is 0.610. The number of ketones is 1. The van der Waals surface area contributed by atoms with E-state index in [1.165, 1.54) is 6.42 Å². The van der Waals surface area contributed by atoms with Crippen LogP contribution in [0.4, 0.5) is 0 Å². The Kier molecular flexibility index (Phi) is 3.82. The van der Waals surface area contributed by atoms with Crippen LogP contribution in [0.15, 0.2) is 36.4 Å². The van der Waals surface area contributed by atoms with Crippen molar-refractivity contribution in [1.82, 2.24) is 0 Å². The monoisotopic (exact) mass is 324 g/mol. The molecular weight excluding hydrogens is 300 g/mol. The summed E-state index contributed by atoms with van der Waals surface area (Å²) in [5.41, 5.74) is 1.37. The Morgan fingerprint density at radius 1 is 1.17 bits per heavy atom. The van der Waals surface area contributed by atoms with Crippen LogP contribution in [0, 0.1) is 11.8 Å². The number of hydrogen-bond acceptors (Lipinski definition) is 3. The fraction of sp³-hybridized carbons (Fsp3) is 0.524. The third-order valence-corrected chi connectivity index (χ3v) is 5.99. The summed E-state index contributed by atoms with van der Waals surface area (Å²) in [6, 6.07) is 7.70. The molecule has 3 atom stereocenters. The lowest BCUT2D eigenvalue weighted by Gasteiger charge is -2.33. The Morgan fingerprint density at radius 3 is 2.62 bits per heavy atom. The van der Waals surface area contributed by atoms with Crippen molar-refractivity contribution in [2.45, 2.75) is 57.0 Å². The van der Waals surface area contributed by atoms with Gasteiger partial charge in [-0.3, -0.25) is 4.79 Å². The van der Waals surface area contributed by atoms with E-state index in [2.05, 4.69) is 0 Å². The second-order valence-electron chi connectivity index (χ2n) is 7.79. The lowest BCUT2D eigenvalue weighted by Crippen LogP contribution is -2.33. The first-order valence-corrected chi connectivity index (χ1v) is 9.11. The molecule has 126 valence electrons. The van der Waals surface area contributed by atoms with Crippen molar-refractivity contribution in [1.29, 1.82) is 0 Å². The number of Topliss-reactive ketones (excluding diaryl/α,β-unsaturated/α-hetero) is 1. The minimum Gasteiger partial charge on any atom is -0.456 e. The molecule has 0 aliphatic heterocycles. The maximum absolute atomic E-state index is 12.6. The first kappa shape index (κ1) is 15.6. The molecule has 3 aliphatic carbocycles. The van der Waals surface area contributed by atoms with Gasteiger partial charge in [-0.1, -0.05) is 30.7 Å². The second-order valence-corrected chi connectivity index (χ2v) is 7.79. The molecular formula is C21H24O3. The third-order valence-electron chi connectivity index (χ3n) is 5.99. The Hall–Kier alpha value is -1.90. The van der Waals surface area contributed by atoms with Gasteiger partial charge >= 0.3 is 5.97 Å². The number of fused-ring (bicyclic) bond motifs is 2. The number of carbonyl (C=O) groups excluding carboxylic acids is 2. The summed E-state index contributed by atoms with van der Waals surface area (Å²) in [4.78, 5) is 24.7. The van der Waals surface area contributed by atoms with Gasteiger partial charge in [0.15, 0.2) is 0 Å². The highest BCUT2D eigenvalue weighted by Crippen LogP contribution is 2.46. The van der Waals surface area contributed by atoms with Crippen molar-refractivity contribution in [2.75, 3.05) is 0 Å². The van der Waals surface area contributed by atoms with Crippen molar-refractivity contribution in [3.05, 3.63) is 47.5 Å². The van der Waals surface area contributed by atoms with Crippen molar-refractivity contribution in [3.63, 3.8) is 0 Å². The predicted octanol–water partition coefficient (Wildman–Crippen LogP) is 4.42. The number of hydrogen-bond donors (Lipinski definition) is 0. The number of allylic oxidation sites excluding steroid dienone is 2. The first-order valence-electron chi connectivity index (χ1n) is 9.11. The highest BCUT2D eigenvalue weighted by Gasteiger charge is 2.44. The van der Waals surface area contributed by atoms with Crippen molar-refractivity contribution >= 4 is 11.8 Å². The van der Waals surface area contributed by atoms with Gasteiger partial charge in [0.05, 0.1) is 5.56 Å². The van der Waals surface area contributed by atoms with E-state index >= 15 is 0 Å². The average molecular weight is 324 g/mol. The van der Waals surface area contributed by atoms with Gasteiger partial charge in [0.2, 0.25) is 0 Å². The molecule has 3 aliphatic rings. The highest BCUT2D eigenvalue weighted by molar-refractivity contribution is 5.93. The molecule has 0 heterocycles. The van der Waals surface area contributed by atoms with E-state index in [1.807, 2.05) is 43.3 Å². The van der Waals surface area contributed by atoms with E-state index in [9.17, 15) is 9.59 Å². The van der Waals surface area contributed by atoms with Crippen molar-refractivity contribution in [2.24, 2.45) is 11.8 Å². The van der Waals surface area contributed by atoms with Crippen LogP contribution < -0.4 is 0 Å². The summed E-state index contributed by atoms with van der Waals surface area (Å²) < 4.78 is 5.85. The Balaban J connectivity index is 1.51. The highest BCUT2D eigenvalue weighted by atomic mass is 16.6. The first-order chi connectivity index (χ1) is 11.6. The van der Waals surface area contributed by atoms with Crippen LogP contribution in [-0.4, -0.2) is 17.4 Å². The maximum Gasteiger partial charge on any atom is 0.338 e. The molecule has 24 heavy (non-hydrogen) atoms. The number of carbonyl (C=O) groups is 2. The molecule has 1 aromatic rings. The molecule has 2 saturated carbocycles. The molecule has 3 nitrogen and oxygen atoms in total. The molecule has 0 radical (unpaired) electrons. The van der Waals surface area contributed by atoms with Gasteiger partial charge in [-0.2, -0.15) is 0 Å². The molecule has 0 saturated heterocycles. The summed E-state index contributed by atoms with van der Waals surface area (Å²) in [7, 11) is 0. The SMILES string of the molecule is CC1(OC(=O)c2cccc(C3CC4C=CC3C4=O)c2)CCCCC1. The van der Waals surface area contributed by atoms with E-state index < -0.39 is 0 Å². The molecule has 0 aromatic heterocycles. The fourth-order valence-corrected chi connectivity index (χ4v) is 4.56. The number of ether oxygens (including phenoxy) is 1. The van der Waals surface area contributed by atoms with Crippen LogP contribution in [0.25, 0.3) is 0 Å². The lowest BCUT2D eigenvalue weighted by molar-refractivity contribution is -0.120. The largest absolute Gasteiger partial charge is 0.456 e. The molecule has 3 heteroatoms. The van der Waals surface area contributed by atoms with Gasteiger partial charge in [-0.25, -0.2) is 4.79 Å². The predicted molar refractivity (Wildman–Crippen MR) is 91.8 cm³/mol. The molecule has 1 aromatic carbocycles. The van der Waals surface area contributed by atoms with Gasteiger partial charge in [0, 0.05) is 11.8 Å². The normalized spacial score (nSPS) is 30.5. The van der Waals surface area contributed by atoms with Crippen LogP contribution >= 0.6 is 0 Å². The fourth-order valence-electron chi connectivity index (χ4n) is 4.56. The smallest absolute Gasteiger partial charge is 0.338 e. The number of rotatable bonds is 3. The summed E-state index contributed by atoms with van der Waals surface area (Å²) in [6.45, 7) is 2.05. The topological polar surface area (TPSA) is 43.4 Å². The zero-order valence-corrected chi connectivity index (χ0v) is 14.2. The zero-order valence-electron chi connectivity index (χ0n) is 14.2. The lowest BCUT2D eigenvalue weighted by atomic mass is 9.85. The Bertz CT molecular complexity index is 697. The van der Waals surface area contributed by atoms with Gasteiger partial charge in [0.25, 0.3) is 0 Å².